The highest BCUT2D eigenvalue weighted by atomic mass is 16.5. The van der Waals surface area contributed by atoms with E-state index in [2.05, 4.69) is 108 Å². The van der Waals surface area contributed by atoms with E-state index in [0.717, 1.165) is 56.0 Å². The zero-order valence-corrected chi connectivity index (χ0v) is 26.2. The Balaban J connectivity index is 1.25. The van der Waals surface area contributed by atoms with Crippen molar-refractivity contribution in [2.75, 3.05) is 18.0 Å². The van der Waals surface area contributed by atoms with Gasteiger partial charge in [0, 0.05) is 65.8 Å². The van der Waals surface area contributed by atoms with E-state index in [1.54, 1.807) is 0 Å². The molecule has 1 saturated carbocycles. The van der Waals surface area contributed by atoms with Crippen LogP contribution in [0.4, 0.5) is 5.82 Å². The normalized spacial score (nSPS) is 20.9. The van der Waals surface area contributed by atoms with Gasteiger partial charge in [-0.05, 0) is 89.5 Å². The predicted molar refractivity (Wildman–Crippen MR) is 163 cm³/mol. The third-order valence-corrected chi connectivity index (χ3v) is 8.25. The predicted octanol–water partition coefficient (Wildman–Crippen LogP) is 6.39. The van der Waals surface area contributed by atoms with E-state index in [1.165, 1.54) is 5.56 Å². The molecule has 0 bridgehead atoms. The van der Waals surface area contributed by atoms with E-state index in [1.807, 2.05) is 18.5 Å². The Labute approximate surface area is 237 Å². The number of rotatable bonds is 10. The van der Waals surface area contributed by atoms with Gasteiger partial charge >= 0.3 is 0 Å². The number of hydrogen-bond acceptors (Lipinski definition) is 6. The lowest BCUT2D eigenvalue weighted by molar-refractivity contribution is 0.0731. The summed E-state index contributed by atoms with van der Waals surface area (Å²) in [5.41, 5.74) is 2.75. The van der Waals surface area contributed by atoms with E-state index in [9.17, 15) is 0 Å². The lowest BCUT2D eigenvalue weighted by atomic mass is 9.79. The van der Waals surface area contributed by atoms with Gasteiger partial charge in [0.1, 0.15) is 17.7 Å². The van der Waals surface area contributed by atoms with Gasteiger partial charge < -0.3 is 20.3 Å². The zero-order valence-electron chi connectivity index (χ0n) is 26.2. The van der Waals surface area contributed by atoms with Crippen LogP contribution in [0.5, 0.6) is 5.75 Å². The maximum absolute atomic E-state index is 6.32. The minimum atomic E-state index is -0.0305. The zero-order chi connectivity index (χ0) is 28.6. The van der Waals surface area contributed by atoms with Crippen LogP contribution in [0.1, 0.15) is 106 Å². The van der Waals surface area contributed by atoms with Crippen LogP contribution in [-0.2, 0) is 10.8 Å². The Morgan fingerprint density at radius 1 is 0.821 bits per heavy atom. The Bertz CT molecular complexity index is 1100. The highest BCUT2D eigenvalue weighted by molar-refractivity contribution is 5.46. The average molecular weight is 536 g/mol. The van der Waals surface area contributed by atoms with Crippen molar-refractivity contribution in [3.8, 4) is 5.75 Å². The van der Waals surface area contributed by atoms with Gasteiger partial charge in [-0.3, -0.25) is 4.98 Å². The Kier molecular flexibility index (Phi) is 8.41. The molecule has 0 aromatic carbocycles. The number of anilines is 1. The lowest BCUT2D eigenvalue weighted by Crippen LogP contribution is -2.63. The molecular weight excluding hydrogens is 482 g/mol. The van der Waals surface area contributed by atoms with Crippen molar-refractivity contribution >= 4 is 5.82 Å². The van der Waals surface area contributed by atoms with E-state index in [-0.39, 0.29) is 21.9 Å². The van der Waals surface area contributed by atoms with E-state index in [0.29, 0.717) is 18.2 Å². The van der Waals surface area contributed by atoms with Gasteiger partial charge in [0.25, 0.3) is 0 Å². The topological polar surface area (TPSA) is 62.3 Å². The second-order valence-corrected chi connectivity index (χ2v) is 15.3. The molecule has 3 heterocycles. The van der Waals surface area contributed by atoms with Crippen molar-refractivity contribution in [3.05, 3.63) is 47.9 Å². The summed E-state index contributed by atoms with van der Waals surface area (Å²) >= 11 is 0. The third kappa shape index (κ3) is 8.17. The molecule has 6 nitrogen and oxygen atoms in total. The molecule has 2 aromatic rings. The molecule has 216 valence electrons. The molecule has 2 aromatic heterocycles. The molecule has 0 unspecified atom stereocenters. The largest absolute Gasteiger partial charge is 0.490 e. The van der Waals surface area contributed by atoms with Gasteiger partial charge in [-0.15, -0.1) is 0 Å². The fourth-order valence-electron chi connectivity index (χ4n) is 5.63. The number of nitrogens with zero attached hydrogens (tertiary/aromatic N) is 3. The first-order valence-corrected chi connectivity index (χ1v) is 14.9. The number of pyridine rings is 2. The highest BCUT2D eigenvalue weighted by Crippen LogP contribution is 2.34. The lowest BCUT2D eigenvalue weighted by Gasteiger charge is -2.45. The molecule has 2 aliphatic rings. The maximum atomic E-state index is 6.32. The first-order chi connectivity index (χ1) is 18.0. The molecule has 1 saturated heterocycles. The van der Waals surface area contributed by atoms with Crippen molar-refractivity contribution in [3.63, 3.8) is 0 Å². The quantitative estimate of drug-likeness (QED) is 0.368. The Morgan fingerprint density at radius 3 is 2.13 bits per heavy atom. The summed E-state index contributed by atoms with van der Waals surface area (Å²) in [4.78, 5) is 11.8. The van der Waals surface area contributed by atoms with Crippen molar-refractivity contribution < 1.29 is 4.74 Å². The van der Waals surface area contributed by atoms with Gasteiger partial charge in [0.2, 0.25) is 0 Å². The molecule has 1 aliphatic carbocycles. The SMILES string of the molecule is CC(C)(CCC(C)(C)c1cc(O[C@H]2C[C@@H](NC(C)(C)C)C2)ccn1)NC1CN(c2cc(C(C)(C)C)ccn2)C1. The van der Waals surface area contributed by atoms with Crippen LogP contribution in [0.15, 0.2) is 36.7 Å². The van der Waals surface area contributed by atoms with Gasteiger partial charge in [-0.25, -0.2) is 4.98 Å². The molecule has 0 spiro atoms. The van der Waals surface area contributed by atoms with E-state index in [4.69, 9.17) is 9.72 Å². The molecule has 2 N–H and O–H groups in total. The number of hydrogen-bond donors (Lipinski definition) is 2. The van der Waals surface area contributed by atoms with Gasteiger partial charge in [0.05, 0.1) is 0 Å². The van der Waals surface area contributed by atoms with Crippen LogP contribution in [0.3, 0.4) is 0 Å². The number of nitrogens with one attached hydrogen (secondary N) is 2. The van der Waals surface area contributed by atoms with Crippen LogP contribution in [0.25, 0.3) is 0 Å². The number of ether oxygens (including phenoxy) is 1. The summed E-state index contributed by atoms with van der Waals surface area (Å²) in [5.74, 6) is 2.04. The minimum absolute atomic E-state index is 0.0305. The summed E-state index contributed by atoms with van der Waals surface area (Å²) in [6, 6.07) is 9.58. The van der Waals surface area contributed by atoms with E-state index >= 15 is 0 Å². The molecule has 4 rings (SSSR count). The molecule has 0 atom stereocenters. The van der Waals surface area contributed by atoms with Crippen molar-refractivity contribution in [2.45, 2.75) is 135 Å². The van der Waals surface area contributed by atoms with E-state index < -0.39 is 0 Å². The summed E-state index contributed by atoms with van der Waals surface area (Å²) in [6.07, 6.45) is 8.40. The maximum Gasteiger partial charge on any atom is 0.128 e. The summed E-state index contributed by atoms with van der Waals surface area (Å²) in [7, 11) is 0. The van der Waals surface area contributed by atoms with Crippen LogP contribution >= 0.6 is 0 Å². The smallest absolute Gasteiger partial charge is 0.128 e. The summed E-state index contributed by atoms with van der Waals surface area (Å²) < 4.78 is 6.32. The molecule has 1 aliphatic heterocycles. The van der Waals surface area contributed by atoms with Crippen LogP contribution in [0, 0.1) is 0 Å². The number of aromatic nitrogens is 2. The van der Waals surface area contributed by atoms with Gasteiger partial charge in [-0.1, -0.05) is 34.6 Å². The van der Waals surface area contributed by atoms with Crippen molar-refractivity contribution in [1.29, 1.82) is 0 Å². The fraction of sp³-hybridized carbons (Fsp3) is 0.697. The molecule has 6 heteroatoms. The van der Waals surface area contributed by atoms with Crippen LogP contribution < -0.4 is 20.3 Å². The highest BCUT2D eigenvalue weighted by Gasteiger charge is 2.35. The molecule has 39 heavy (non-hydrogen) atoms. The summed E-state index contributed by atoms with van der Waals surface area (Å²) in [5, 5.41) is 7.59. The second-order valence-electron chi connectivity index (χ2n) is 15.3. The Morgan fingerprint density at radius 2 is 1.49 bits per heavy atom. The molecule has 2 fully saturated rings. The molecule has 0 amide bonds. The van der Waals surface area contributed by atoms with Crippen molar-refractivity contribution in [2.24, 2.45) is 0 Å². The average Bonchev–Trinajstić information content (AvgIpc) is 2.78. The van der Waals surface area contributed by atoms with Gasteiger partial charge in [-0.2, -0.15) is 0 Å². The monoisotopic (exact) mass is 535 g/mol. The second kappa shape index (κ2) is 11.0. The molecule has 0 radical (unpaired) electrons. The van der Waals surface area contributed by atoms with Crippen LogP contribution in [-0.4, -0.2) is 52.3 Å². The Hall–Kier alpha value is -2.18. The minimum Gasteiger partial charge on any atom is -0.490 e. The summed E-state index contributed by atoms with van der Waals surface area (Å²) in [6.45, 7) is 24.7. The first-order valence-electron chi connectivity index (χ1n) is 14.9. The standard InChI is InChI=1S/C33H53N5O/c1-30(2,3)23-11-15-35-29(17-23)38-21-25(22-38)37-33(9,10)14-13-32(7,8)28-20-26(12-16-34-28)39-27-18-24(19-27)36-31(4,5)6/h11-12,15-17,20,24-25,27,36-37H,13-14,18-19,21-22H2,1-10H3/t24-,27+. The molecular formula is C33H53N5O. The van der Waals surface area contributed by atoms with Crippen molar-refractivity contribution in [1.82, 2.24) is 20.6 Å². The first kappa shape index (κ1) is 29.8. The van der Waals surface area contributed by atoms with Crippen LogP contribution in [0.2, 0.25) is 0 Å². The third-order valence-electron chi connectivity index (χ3n) is 8.25. The van der Waals surface area contributed by atoms with Gasteiger partial charge in [0.15, 0.2) is 0 Å². The fourth-order valence-corrected chi connectivity index (χ4v) is 5.63.